The van der Waals surface area contributed by atoms with Gasteiger partial charge in [0.25, 0.3) is 11.8 Å². The molecule has 1 aliphatic heterocycles. The number of aromatic nitrogens is 1. The summed E-state index contributed by atoms with van der Waals surface area (Å²) in [5, 5.41) is 7.97. The molecular weight excluding hydrogens is 765 g/mol. The minimum absolute atomic E-state index is 0.0594. The summed E-state index contributed by atoms with van der Waals surface area (Å²) in [7, 11) is 0. The van der Waals surface area contributed by atoms with Gasteiger partial charge in [0.2, 0.25) is 23.6 Å². The highest BCUT2D eigenvalue weighted by Crippen LogP contribution is 2.41. The van der Waals surface area contributed by atoms with Crippen molar-refractivity contribution in [2.24, 2.45) is 11.1 Å². The van der Waals surface area contributed by atoms with Crippen molar-refractivity contribution in [1.29, 1.82) is 0 Å². The maximum atomic E-state index is 15.1. The molecule has 0 bridgehead atoms. The SMILES string of the molecule is CCC(=O)N(CC[C@H](N)CNC(=O)CCC(=O)NCCOCCNC(=O)CN1C(=O)C=CC1=O)[C@@H](c1cc(-c2cc(F)ccc2F)cn1Cc1ccccc1)C(C)(C)C. The number of nitrogens with one attached hydrogen (secondary N) is 3. The second-order valence-electron chi connectivity index (χ2n) is 15.4. The van der Waals surface area contributed by atoms with Crippen LogP contribution in [0.25, 0.3) is 11.1 Å². The molecule has 4 rings (SSSR count). The minimum atomic E-state index is -0.563. The molecule has 0 saturated heterocycles. The Balaban J connectivity index is 1.26. The molecule has 2 aromatic carbocycles. The summed E-state index contributed by atoms with van der Waals surface area (Å²) in [4.78, 5) is 76.2. The van der Waals surface area contributed by atoms with Crippen LogP contribution in [0.4, 0.5) is 8.78 Å². The van der Waals surface area contributed by atoms with Gasteiger partial charge >= 0.3 is 0 Å². The van der Waals surface area contributed by atoms with Crippen molar-refractivity contribution >= 4 is 35.4 Å². The summed E-state index contributed by atoms with van der Waals surface area (Å²) in [6.07, 6.45) is 4.44. The molecule has 6 amide bonds. The monoisotopic (exact) mass is 819 g/mol. The average molecular weight is 820 g/mol. The lowest BCUT2D eigenvalue weighted by molar-refractivity contribution is -0.141. The zero-order valence-corrected chi connectivity index (χ0v) is 34.1. The first kappa shape index (κ1) is 46.0. The Morgan fingerprint density at radius 3 is 2.12 bits per heavy atom. The van der Waals surface area contributed by atoms with Crippen LogP contribution in [0.5, 0.6) is 0 Å². The lowest BCUT2D eigenvalue weighted by atomic mass is 9.82. The number of hydrogen-bond acceptors (Lipinski definition) is 8. The van der Waals surface area contributed by atoms with Crippen LogP contribution in [0.1, 0.15) is 70.7 Å². The second-order valence-corrected chi connectivity index (χ2v) is 15.4. The fourth-order valence-electron chi connectivity index (χ4n) is 6.68. The number of imide groups is 1. The molecular formula is C43H55F2N7O7. The molecule has 16 heteroatoms. The predicted molar refractivity (Wildman–Crippen MR) is 217 cm³/mol. The number of hydrogen-bond donors (Lipinski definition) is 4. The molecule has 1 aliphatic rings. The summed E-state index contributed by atoms with van der Waals surface area (Å²) in [5.41, 5.74) is 8.30. The number of carbonyl (C=O) groups excluding carboxylic acids is 6. The number of ether oxygens (including phenoxy) is 1. The lowest BCUT2D eigenvalue weighted by Crippen LogP contribution is -2.45. The Hall–Kier alpha value is -5.74. The van der Waals surface area contributed by atoms with Gasteiger partial charge < -0.3 is 35.9 Å². The molecule has 0 saturated carbocycles. The van der Waals surface area contributed by atoms with Gasteiger partial charge in [-0.1, -0.05) is 58.0 Å². The molecule has 5 N–H and O–H groups in total. The van der Waals surface area contributed by atoms with Gasteiger partial charge in [-0.25, -0.2) is 8.78 Å². The van der Waals surface area contributed by atoms with Crippen LogP contribution < -0.4 is 21.7 Å². The molecule has 59 heavy (non-hydrogen) atoms. The van der Waals surface area contributed by atoms with Crippen LogP contribution in [0.15, 0.2) is 72.9 Å². The molecule has 1 aromatic heterocycles. The molecule has 0 unspecified atom stereocenters. The third-order valence-electron chi connectivity index (χ3n) is 9.62. The Kier molecular flexibility index (Phi) is 17.0. The zero-order chi connectivity index (χ0) is 43.1. The van der Waals surface area contributed by atoms with Crippen molar-refractivity contribution < 1.29 is 42.3 Å². The van der Waals surface area contributed by atoms with Crippen LogP contribution >= 0.6 is 0 Å². The van der Waals surface area contributed by atoms with Crippen LogP contribution in [-0.2, 0) is 40.0 Å². The van der Waals surface area contributed by atoms with Gasteiger partial charge in [-0.3, -0.25) is 33.7 Å². The van der Waals surface area contributed by atoms with E-state index in [-0.39, 0.29) is 88.5 Å². The van der Waals surface area contributed by atoms with E-state index >= 15 is 4.39 Å². The van der Waals surface area contributed by atoms with Crippen molar-refractivity contribution in [3.05, 3.63) is 95.8 Å². The Bertz CT molecular complexity index is 1960. The average Bonchev–Trinajstić information content (AvgIpc) is 3.75. The van der Waals surface area contributed by atoms with E-state index in [0.717, 1.165) is 40.4 Å². The smallest absolute Gasteiger partial charge is 0.254 e. The van der Waals surface area contributed by atoms with E-state index in [2.05, 4.69) is 16.0 Å². The first-order chi connectivity index (χ1) is 28.1. The van der Waals surface area contributed by atoms with E-state index in [4.69, 9.17) is 10.5 Å². The molecule has 0 aliphatic carbocycles. The number of rotatable bonds is 22. The first-order valence-electron chi connectivity index (χ1n) is 19.7. The molecule has 0 radical (unpaired) electrons. The van der Waals surface area contributed by atoms with E-state index in [9.17, 15) is 33.2 Å². The molecule has 3 aromatic rings. The summed E-state index contributed by atoms with van der Waals surface area (Å²) < 4.78 is 36.8. The van der Waals surface area contributed by atoms with Crippen molar-refractivity contribution in [2.75, 3.05) is 45.9 Å². The fraction of sp³-hybridized carbons (Fsp3) is 0.442. The van der Waals surface area contributed by atoms with E-state index in [1.165, 1.54) is 6.07 Å². The number of nitrogens with two attached hydrogens (primary N) is 1. The number of halogens is 2. The van der Waals surface area contributed by atoms with Crippen LogP contribution in [-0.4, -0.2) is 102 Å². The van der Waals surface area contributed by atoms with E-state index in [1.54, 1.807) is 18.0 Å². The third-order valence-corrected chi connectivity index (χ3v) is 9.62. The van der Waals surface area contributed by atoms with Crippen molar-refractivity contribution in [2.45, 2.75) is 72.0 Å². The van der Waals surface area contributed by atoms with Gasteiger partial charge in [-0.15, -0.1) is 0 Å². The zero-order valence-electron chi connectivity index (χ0n) is 34.1. The quantitative estimate of drug-likeness (QED) is 0.0876. The van der Waals surface area contributed by atoms with Crippen LogP contribution in [0, 0.1) is 17.0 Å². The van der Waals surface area contributed by atoms with Gasteiger partial charge in [0, 0.05) is 93.2 Å². The largest absolute Gasteiger partial charge is 0.378 e. The normalized spacial score (nSPS) is 13.6. The topological polar surface area (TPSA) is 185 Å². The molecule has 2 heterocycles. The Morgan fingerprint density at radius 2 is 1.49 bits per heavy atom. The molecule has 14 nitrogen and oxygen atoms in total. The number of benzene rings is 2. The van der Waals surface area contributed by atoms with Crippen LogP contribution in [0.2, 0.25) is 0 Å². The van der Waals surface area contributed by atoms with Gasteiger partial charge in [0.1, 0.15) is 18.2 Å². The highest BCUT2D eigenvalue weighted by molar-refractivity contribution is 6.14. The minimum Gasteiger partial charge on any atom is -0.378 e. The molecule has 0 spiro atoms. The highest BCUT2D eigenvalue weighted by Gasteiger charge is 2.37. The lowest BCUT2D eigenvalue weighted by Gasteiger charge is -2.41. The maximum absolute atomic E-state index is 15.1. The number of amides is 6. The van der Waals surface area contributed by atoms with Gasteiger partial charge in [-0.05, 0) is 41.7 Å². The van der Waals surface area contributed by atoms with Crippen molar-refractivity contribution in [3.63, 3.8) is 0 Å². The van der Waals surface area contributed by atoms with Crippen LogP contribution in [0.3, 0.4) is 0 Å². The summed E-state index contributed by atoms with van der Waals surface area (Å²) in [6, 6.07) is 13.9. The van der Waals surface area contributed by atoms with Gasteiger partial charge in [-0.2, -0.15) is 0 Å². The molecule has 318 valence electrons. The van der Waals surface area contributed by atoms with Gasteiger partial charge in [0.15, 0.2) is 0 Å². The highest BCUT2D eigenvalue weighted by atomic mass is 19.1. The fourth-order valence-corrected chi connectivity index (χ4v) is 6.68. The number of carbonyl (C=O) groups is 6. The first-order valence-corrected chi connectivity index (χ1v) is 19.7. The number of nitrogens with zero attached hydrogens (tertiary/aromatic N) is 3. The van der Waals surface area contributed by atoms with E-state index in [1.807, 2.05) is 61.7 Å². The van der Waals surface area contributed by atoms with E-state index in [0.29, 0.717) is 18.5 Å². The maximum Gasteiger partial charge on any atom is 0.254 e. The van der Waals surface area contributed by atoms with Crippen molar-refractivity contribution in [1.82, 2.24) is 30.3 Å². The molecule has 2 atom stereocenters. The van der Waals surface area contributed by atoms with Gasteiger partial charge in [0.05, 0.1) is 19.3 Å². The summed E-state index contributed by atoms with van der Waals surface area (Å²) >= 11 is 0. The van der Waals surface area contributed by atoms with Crippen molar-refractivity contribution in [3.8, 4) is 11.1 Å². The second kappa shape index (κ2) is 21.9. The molecule has 0 fully saturated rings. The Morgan fingerprint density at radius 1 is 0.864 bits per heavy atom. The standard InChI is InChI=1S/C43H55F2N7O7/c1-5-39(56)51(42(43(2,3)4)35-23-30(33-24-31(44)11-12-34(33)45)27-50(35)26-29-9-7-6-8-10-29)20-17-32(46)25-49-37(54)14-13-36(53)47-18-21-59-22-19-48-38(55)28-52-40(57)15-16-41(52)58/h6-12,15-16,23-24,27,32,42H,5,13-14,17-22,25-26,28,46H2,1-4H3,(H,47,53)(H,48,55)(H,49,54)/t32-,42-/m0/s1. The summed E-state index contributed by atoms with van der Waals surface area (Å²) in [5.74, 6) is -3.54. The summed E-state index contributed by atoms with van der Waals surface area (Å²) in [6.45, 7) is 8.92. The Labute approximate surface area is 343 Å². The predicted octanol–water partition coefficient (Wildman–Crippen LogP) is 3.60. The third kappa shape index (κ3) is 14.0. The van der Waals surface area contributed by atoms with E-state index < -0.39 is 46.9 Å².